The summed E-state index contributed by atoms with van der Waals surface area (Å²) in [6.07, 6.45) is 0.509. The molecule has 0 aromatic carbocycles. The number of aromatic nitrogens is 2. The molecule has 0 radical (unpaired) electrons. The summed E-state index contributed by atoms with van der Waals surface area (Å²) in [4.78, 5) is 10.9. The highest BCUT2D eigenvalue weighted by Gasteiger charge is 2.22. The first-order valence-corrected chi connectivity index (χ1v) is 5.72. The van der Waals surface area contributed by atoms with Crippen molar-refractivity contribution in [1.29, 1.82) is 5.26 Å². The number of hydrogen-bond acceptors (Lipinski definition) is 4. The summed E-state index contributed by atoms with van der Waals surface area (Å²) in [5, 5.41) is 22.1. The van der Waals surface area contributed by atoms with Crippen LogP contribution < -0.4 is 0 Å². The van der Waals surface area contributed by atoms with E-state index in [1.807, 2.05) is 0 Å². The summed E-state index contributed by atoms with van der Waals surface area (Å²) in [7, 11) is 1.71. The van der Waals surface area contributed by atoms with E-state index >= 15 is 0 Å². The molecular formula is C10H13N3O2S. The largest absolute Gasteiger partial charge is 0.480 e. The highest BCUT2D eigenvalue weighted by atomic mass is 32.2. The van der Waals surface area contributed by atoms with Crippen molar-refractivity contribution in [2.45, 2.75) is 30.5 Å². The van der Waals surface area contributed by atoms with Crippen molar-refractivity contribution in [3.63, 3.8) is 0 Å². The third kappa shape index (κ3) is 2.36. The average Bonchev–Trinajstić information content (AvgIpc) is 2.48. The second-order valence-electron chi connectivity index (χ2n) is 3.35. The van der Waals surface area contributed by atoms with E-state index in [4.69, 9.17) is 10.4 Å². The Morgan fingerprint density at radius 1 is 1.75 bits per heavy atom. The Morgan fingerprint density at radius 2 is 2.38 bits per heavy atom. The van der Waals surface area contributed by atoms with Crippen LogP contribution in [0.3, 0.4) is 0 Å². The number of carboxylic acids is 1. The molecule has 1 N–H and O–H groups in total. The minimum absolute atomic E-state index is 0.465. The standard InChI is InChI=1S/C10H13N3O2S/c1-4-8(10(14)15)16-9-7(5-11)6(2)12-13(9)3/h8H,4H2,1-3H3,(H,14,15). The SMILES string of the molecule is CCC(Sc1c(C#N)c(C)nn1C)C(=O)O. The molecule has 0 amide bonds. The predicted octanol–water partition coefficient (Wildman–Crippen LogP) is 1.56. The summed E-state index contributed by atoms with van der Waals surface area (Å²) >= 11 is 1.17. The van der Waals surface area contributed by atoms with Gasteiger partial charge in [-0.2, -0.15) is 10.4 Å². The van der Waals surface area contributed by atoms with Gasteiger partial charge < -0.3 is 5.11 Å². The summed E-state index contributed by atoms with van der Waals surface area (Å²) in [6.45, 7) is 3.55. The smallest absolute Gasteiger partial charge is 0.317 e. The number of nitrogens with zero attached hydrogens (tertiary/aromatic N) is 3. The van der Waals surface area contributed by atoms with Gasteiger partial charge in [-0.15, -0.1) is 0 Å². The van der Waals surface area contributed by atoms with Crippen LogP contribution >= 0.6 is 11.8 Å². The summed E-state index contributed by atoms with van der Waals surface area (Å²) in [6, 6.07) is 2.06. The van der Waals surface area contributed by atoms with Gasteiger partial charge in [-0.1, -0.05) is 18.7 Å². The summed E-state index contributed by atoms with van der Waals surface area (Å²) in [5.41, 5.74) is 1.10. The molecule has 86 valence electrons. The lowest BCUT2D eigenvalue weighted by Gasteiger charge is -2.09. The number of nitriles is 1. The molecule has 1 atom stereocenters. The fraction of sp³-hybridized carbons (Fsp3) is 0.500. The average molecular weight is 239 g/mol. The molecule has 1 heterocycles. The third-order valence-corrected chi connectivity index (χ3v) is 3.69. The van der Waals surface area contributed by atoms with E-state index in [9.17, 15) is 4.79 Å². The quantitative estimate of drug-likeness (QED) is 0.806. The van der Waals surface area contributed by atoms with E-state index in [1.165, 1.54) is 11.8 Å². The molecule has 1 unspecified atom stereocenters. The fourth-order valence-electron chi connectivity index (χ4n) is 1.34. The molecule has 1 aromatic rings. The minimum Gasteiger partial charge on any atom is -0.480 e. The number of carbonyl (C=O) groups is 1. The Kier molecular flexibility index (Phi) is 3.96. The van der Waals surface area contributed by atoms with Gasteiger partial charge in [0.15, 0.2) is 0 Å². The lowest BCUT2D eigenvalue weighted by molar-refractivity contribution is -0.136. The molecule has 0 spiro atoms. The van der Waals surface area contributed by atoms with Gasteiger partial charge in [-0.05, 0) is 13.3 Å². The molecular weight excluding hydrogens is 226 g/mol. The second kappa shape index (κ2) is 5.03. The minimum atomic E-state index is -0.866. The topological polar surface area (TPSA) is 78.9 Å². The maximum atomic E-state index is 10.9. The van der Waals surface area contributed by atoms with Crippen LogP contribution in [0.4, 0.5) is 0 Å². The van der Waals surface area contributed by atoms with Gasteiger partial charge in [0.05, 0.1) is 5.69 Å². The van der Waals surface area contributed by atoms with Gasteiger partial charge in [-0.25, -0.2) is 0 Å². The molecule has 1 rings (SSSR count). The van der Waals surface area contributed by atoms with Gasteiger partial charge in [0, 0.05) is 7.05 Å². The van der Waals surface area contributed by atoms with Crippen molar-refractivity contribution in [1.82, 2.24) is 9.78 Å². The summed E-state index contributed by atoms with van der Waals surface area (Å²) < 4.78 is 1.56. The Bertz CT molecular complexity index is 448. The molecule has 0 bridgehead atoms. The van der Waals surface area contributed by atoms with Gasteiger partial charge in [0.2, 0.25) is 0 Å². The number of aryl methyl sites for hydroxylation is 2. The molecule has 0 aliphatic rings. The van der Waals surface area contributed by atoms with Gasteiger partial charge >= 0.3 is 5.97 Å². The first kappa shape index (κ1) is 12.6. The Morgan fingerprint density at radius 3 is 2.81 bits per heavy atom. The zero-order chi connectivity index (χ0) is 12.3. The highest BCUT2D eigenvalue weighted by Crippen LogP contribution is 2.29. The number of carboxylic acid groups (broad SMARTS) is 1. The molecule has 0 saturated carbocycles. The Balaban J connectivity index is 3.05. The fourth-order valence-corrected chi connectivity index (χ4v) is 2.39. The summed E-state index contributed by atoms with van der Waals surface area (Å²) in [5.74, 6) is -0.866. The Labute approximate surface area is 98.1 Å². The maximum Gasteiger partial charge on any atom is 0.317 e. The molecule has 0 fully saturated rings. The number of aliphatic carboxylic acids is 1. The van der Waals surface area contributed by atoms with Crippen LogP contribution in [0.2, 0.25) is 0 Å². The van der Waals surface area contributed by atoms with Crippen molar-refractivity contribution < 1.29 is 9.90 Å². The molecule has 16 heavy (non-hydrogen) atoms. The van der Waals surface area contributed by atoms with E-state index in [-0.39, 0.29) is 0 Å². The van der Waals surface area contributed by atoms with E-state index < -0.39 is 11.2 Å². The zero-order valence-corrected chi connectivity index (χ0v) is 10.2. The van der Waals surface area contributed by atoms with Crippen molar-refractivity contribution in [2.24, 2.45) is 7.05 Å². The first-order valence-electron chi connectivity index (χ1n) is 4.84. The van der Waals surface area contributed by atoms with Crippen LogP contribution in [0, 0.1) is 18.3 Å². The van der Waals surface area contributed by atoms with E-state index in [0.717, 1.165) is 0 Å². The lowest BCUT2D eigenvalue weighted by atomic mass is 10.3. The lowest BCUT2D eigenvalue weighted by Crippen LogP contribution is -2.15. The van der Waals surface area contributed by atoms with Crippen LogP contribution in [0.15, 0.2) is 5.03 Å². The van der Waals surface area contributed by atoms with Crippen LogP contribution in [0.25, 0.3) is 0 Å². The van der Waals surface area contributed by atoms with Crippen molar-refractivity contribution in [2.75, 3.05) is 0 Å². The van der Waals surface area contributed by atoms with E-state index in [2.05, 4.69) is 11.2 Å². The molecule has 0 aliphatic heterocycles. The van der Waals surface area contributed by atoms with Crippen LogP contribution in [0.5, 0.6) is 0 Å². The molecule has 6 heteroatoms. The molecule has 1 aromatic heterocycles. The predicted molar refractivity (Wildman–Crippen MR) is 60.2 cm³/mol. The normalized spacial score (nSPS) is 12.1. The monoisotopic (exact) mass is 239 g/mol. The highest BCUT2D eigenvalue weighted by molar-refractivity contribution is 8.00. The molecule has 0 saturated heterocycles. The van der Waals surface area contributed by atoms with E-state index in [1.54, 1.807) is 25.6 Å². The van der Waals surface area contributed by atoms with Crippen molar-refractivity contribution in [3.05, 3.63) is 11.3 Å². The molecule has 5 nitrogen and oxygen atoms in total. The van der Waals surface area contributed by atoms with Gasteiger partial charge in [0.1, 0.15) is 21.9 Å². The van der Waals surface area contributed by atoms with Crippen LogP contribution in [0.1, 0.15) is 24.6 Å². The van der Waals surface area contributed by atoms with Crippen LogP contribution in [-0.2, 0) is 11.8 Å². The van der Waals surface area contributed by atoms with Gasteiger partial charge in [0.25, 0.3) is 0 Å². The number of rotatable bonds is 4. The molecule has 0 aliphatic carbocycles. The zero-order valence-electron chi connectivity index (χ0n) is 9.39. The van der Waals surface area contributed by atoms with E-state index in [0.29, 0.717) is 22.7 Å². The Hall–Kier alpha value is -1.48. The van der Waals surface area contributed by atoms with Crippen molar-refractivity contribution >= 4 is 17.7 Å². The number of thioether (sulfide) groups is 1. The number of hydrogen-bond donors (Lipinski definition) is 1. The second-order valence-corrected chi connectivity index (χ2v) is 4.55. The maximum absolute atomic E-state index is 10.9. The van der Waals surface area contributed by atoms with Gasteiger partial charge in [-0.3, -0.25) is 9.48 Å². The van der Waals surface area contributed by atoms with Crippen LogP contribution in [-0.4, -0.2) is 26.1 Å². The third-order valence-electron chi connectivity index (χ3n) is 2.18. The first-order chi connectivity index (χ1) is 7.51. The van der Waals surface area contributed by atoms with Crippen molar-refractivity contribution in [3.8, 4) is 6.07 Å².